The Balaban J connectivity index is 2.20. The predicted molar refractivity (Wildman–Crippen MR) is 66.1 cm³/mol. The number of anilines is 1. The van der Waals surface area contributed by atoms with Crippen LogP contribution in [0.1, 0.15) is 26.2 Å². The highest BCUT2D eigenvalue weighted by atomic mass is 32.2. The summed E-state index contributed by atoms with van der Waals surface area (Å²) in [5.74, 6) is 0. The zero-order chi connectivity index (χ0) is 12.3. The summed E-state index contributed by atoms with van der Waals surface area (Å²) in [5, 5.41) is 3.10. The van der Waals surface area contributed by atoms with Gasteiger partial charge in [-0.15, -0.1) is 0 Å². The number of nitrogens with zero attached hydrogens (tertiary/aromatic N) is 2. The van der Waals surface area contributed by atoms with E-state index in [4.69, 9.17) is 0 Å². The molecule has 0 radical (unpaired) electrons. The zero-order valence-electron chi connectivity index (χ0n) is 9.89. The number of nitrogens with one attached hydrogen (secondary N) is 1. The SMILES string of the molecule is CCCCCN1CNc2ccncc2S1(=O)=O. The van der Waals surface area contributed by atoms with Gasteiger partial charge in [-0.2, -0.15) is 4.31 Å². The Kier molecular flexibility index (Phi) is 3.63. The van der Waals surface area contributed by atoms with E-state index in [0.29, 0.717) is 18.9 Å². The van der Waals surface area contributed by atoms with Crippen molar-refractivity contribution in [3.63, 3.8) is 0 Å². The van der Waals surface area contributed by atoms with E-state index in [1.165, 1.54) is 10.5 Å². The van der Waals surface area contributed by atoms with Crippen molar-refractivity contribution >= 4 is 15.7 Å². The average molecular weight is 255 g/mol. The molecule has 1 aliphatic rings. The first kappa shape index (κ1) is 12.3. The van der Waals surface area contributed by atoms with E-state index in [-0.39, 0.29) is 4.90 Å². The maximum atomic E-state index is 12.2. The first-order valence-corrected chi connectivity index (χ1v) is 7.28. The smallest absolute Gasteiger partial charge is 0.248 e. The molecule has 1 N–H and O–H groups in total. The molecule has 2 heterocycles. The quantitative estimate of drug-likeness (QED) is 0.831. The molecule has 6 heteroatoms. The van der Waals surface area contributed by atoms with Crippen molar-refractivity contribution in [2.24, 2.45) is 0 Å². The monoisotopic (exact) mass is 255 g/mol. The summed E-state index contributed by atoms with van der Waals surface area (Å²) in [6.07, 6.45) is 6.02. The fourth-order valence-corrected chi connectivity index (χ4v) is 3.36. The van der Waals surface area contributed by atoms with Gasteiger partial charge in [0, 0.05) is 18.9 Å². The van der Waals surface area contributed by atoms with E-state index in [1.54, 1.807) is 12.3 Å². The van der Waals surface area contributed by atoms with Crippen molar-refractivity contribution in [3.8, 4) is 0 Å². The van der Waals surface area contributed by atoms with Crippen LogP contribution in [0.15, 0.2) is 23.4 Å². The van der Waals surface area contributed by atoms with Crippen LogP contribution in [0.4, 0.5) is 5.69 Å². The number of hydrogen-bond acceptors (Lipinski definition) is 4. The second kappa shape index (κ2) is 5.01. The summed E-state index contributed by atoms with van der Waals surface area (Å²) in [5.41, 5.74) is 0.645. The van der Waals surface area contributed by atoms with Gasteiger partial charge in [0.15, 0.2) is 0 Å². The highest BCUT2D eigenvalue weighted by Gasteiger charge is 2.30. The Hall–Kier alpha value is -1.14. The highest BCUT2D eigenvalue weighted by Crippen LogP contribution is 2.27. The van der Waals surface area contributed by atoms with Crippen LogP contribution in [-0.4, -0.2) is 30.9 Å². The highest BCUT2D eigenvalue weighted by molar-refractivity contribution is 7.89. The van der Waals surface area contributed by atoms with Crippen molar-refractivity contribution in [2.75, 3.05) is 18.5 Å². The lowest BCUT2D eigenvalue weighted by molar-refractivity contribution is 0.412. The normalized spacial score (nSPS) is 18.4. The van der Waals surface area contributed by atoms with Crippen LogP contribution in [0.3, 0.4) is 0 Å². The number of rotatable bonds is 4. The number of sulfonamides is 1. The molecule has 0 atom stereocenters. The molecule has 0 fully saturated rings. The van der Waals surface area contributed by atoms with Crippen molar-refractivity contribution in [1.29, 1.82) is 0 Å². The van der Waals surface area contributed by atoms with Crippen LogP contribution in [-0.2, 0) is 10.0 Å². The molecule has 0 saturated heterocycles. The van der Waals surface area contributed by atoms with Gasteiger partial charge >= 0.3 is 0 Å². The standard InChI is InChI=1S/C11H17N3O2S/c1-2-3-4-7-14-9-13-10-5-6-12-8-11(10)17(14,15)16/h5-6,8,13H,2-4,7,9H2,1H3. The van der Waals surface area contributed by atoms with Gasteiger partial charge in [-0.3, -0.25) is 4.98 Å². The predicted octanol–water partition coefficient (Wildman–Crippen LogP) is 1.65. The summed E-state index contributed by atoms with van der Waals surface area (Å²) in [6.45, 7) is 3.02. The summed E-state index contributed by atoms with van der Waals surface area (Å²) in [6, 6.07) is 1.69. The van der Waals surface area contributed by atoms with Crippen LogP contribution >= 0.6 is 0 Å². The molecule has 0 bridgehead atoms. The van der Waals surface area contributed by atoms with Gasteiger partial charge in [0.1, 0.15) is 4.90 Å². The molecule has 1 aromatic rings. The third-order valence-corrected chi connectivity index (χ3v) is 4.73. The lowest BCUT2D eigenvalue weighted by Gasteiger charge is -2.28. The molecule has 0 spiro atoms. The second-order valence-electron chi connectivity index (χ2n) is 4.09. The van der Waals surface area contributed by atoms with E-state index < -0.39 is 10.0 Å². The fraction of sp³-hybridized carbons (Fsp3) is 0.545. The average Bonchev–Trinajstić information content (AvgIpc) is 2.32. The molecule has 5 nitrogen and oxygen atoms in total. The molecule has 94 valence electrons. The third kappa shape index (κ3) is 2.42. The molecule has 1 aromatic heterocycles. The van der Waals surface area contributed by atoms with Crippen molar-refractivity contribution in [3.05, 3.63) is 18.5 Å². The molecule has 0 amide bonds. The fourth-order valence-electron chi connectivity index (χ4n) is 1.87. The van der Waals surface area contributed by atoms with Crippen LogP contribution in [0.2, 0.25) is 0 Å². The Morgan fingerprint density at radius 3 is 3.06 bits per heavy atom. The summed E-state index contributed by atoms with van der Waals surface area (Å²) in [7, 11) is -3.35. The number of fused-ring (bicyclic) bond motifs is 1. The topological polar surface area (TPSA) is 62.3 Å². The minimum atomic E-state index is -3.35. The Morgan fingerprint density at radius 1 is 1.47 bits per heavy atom. The summed E-state index contributed by atoms with van der Waals surface area (Å²) in [4.78, 5) is 4.16. The minimum Gasteiger partial charge on any atom is -0.370 e. The molecule has 0 unspecified atom stereocenters. The molecule has 0 saturated carbocycles. The number of aromatic nitrogens is 1. The Morgan fingerprint density at radius 2 is 2.29 bits per heavy atom. The molecule has 2 rings (SSSR count). The number of hydrogen-bond donors (Lipinski definition) is 1. The molecular weight excluding hydrogens is 238 g/mol. The van der Waals surface area contributed by atoms with Crippen LogP contribution < -0.4 is 5.32 Å². The largest absolute Gasteiger partial charge is 0.370 e. The van der Waals surface area contributed by atoms with Gasteiger partial charge in [0.2, 0.25) is 10.0 Å². The maximum absolute atomic E-state index is 12.2. The van der Waals surface area contributed by atoms with E-state index in [2.05, 4.69) is 17.2 Å². The maximum Gasteiger partial charge on any atom is 0.248 e. The number of unbranched alkanes of at least 4 members (excludes halogenated alkanes) is 2. The Labute approximate surface area is 102 Å². The molecular formula is C11H17N3O2S. The van der Waals surface area contributed by atoms with E-state index in [0.717, 1.165) is 19.3 Å². The summed E-state index contributed by atoms with van der Waals surface area (Å²) < 4.78 is 26.0. The van der Waals surface area contributed by atoms with Gasteiger partial charge in [0.05, 0.1) is 12.4 Å². The van der Waals surface area contributed by atoms with Crippen molar-refractivity contribution in [1.82, 2.24) is 9.29 Å². The first-order chi connectivity index (χ1) is 8.16. The zero-order valence-corrected chi connectivity index (χ0v) is 10.7. The van der Waals surface area contributed by atoms with Crippen LogP contribution in [0, 0.1) is 0 Å². The summed E-state index contributed by atoms with van der Waals surface area (Å²) >= 11 is 0. The second-order valence-corrected chi connectivity index (χ2v) is 6.00. The van der Waals surface area contributed by atoms with Gasteiger partial charge in [-0.1, -0.05) is 19.8 Å². The van der Waals surface area contributed by atoms with Crippen LogP contribution in [0.5, 0.6) is 0 Å². The van der Waals surface area contributed by atoms with E-state index in [9.17, 15) is 8.42 Å². The van der Waals surface area contributed by atoms with Gasteiger partial charge < -0.3 is 5.32 Å². The number of pyridine rings is 1. The van der Waals surface area contributed by atoms with Crippen LogP contribution in [0.25, 0.3) is 0 Å². The van der Waals surface area contributed by atoms with Gasteiger partial charge in [0.25, 0.3) is 0 Å². The van der Waals surface area contributed by atoms with E-state index >= 15 is 0 Å². The van der Waals surface area contributed by atoms with E-state index in [1.807, 2.05) is 0 Å². The van der Waals surface area contributed by atoms with Gasteiger partial charge in [-0.05, 0) is 12.5 Å². The molecule has 1 aliphatic heterocycles. The molecule has 0 aromatic carbocycles. The van der Waals surface area contributed by atoms with Gasteiger partial charge in [-0.25, -0.2) is 8.42 Å². The third-order valence-electron chi connectivity index (χ3n) is 2.86. The lowest BCUT2D eigenvalue weighted by Crippen LogP contribution is -2.40. The first-order valence-electron chi connectivity index (χ1n) is 5.84. The minimum absolute atomic E-state index is 0.280. The van der Waals surface area contributed by atoms with Crippen molar-refractivity contribution in [2.45, 2.75) is 31.1 Å². The van der Waals surface area contributed by atoms with Crippen molar-refractivity contribution < 1.29 is 8.42 Å². The molecule has 17 heavy (non-hydrogen) atoms. The Bertz CT molecular complexity index is 487. The molecule has 0 aliphatic carbocycles. The lowest BCUT2D eigenvalue weighted by atomic mass is 10.2.